The summed E-state index contributed by atoms with van der Waals surface area (Å²) in [5.74, 6) is -0.618. The third-order valence-corrected chi connectivity index (χ3v) is 4.21. The van der Waals surface area contributed by atoms with Crippen LogP contribution in [0.25, 0.3) is 0 Å². The molecule has 0 unspecified atom stereocenters. The fourth-order valence-corrected chi connectivity index (χ4v) is 2.97. The molecule has 3 N–H and O–H groups in total. The number of hydrogen-bond acceptors (Lipinski definition) is 5. The molecule has 1 fully saturated rings. The number of rotatable bonds is 5. The third kappa shape index (κ3) is 3.62. The van der Waals surface area contributed by atoms with E-state index in [1.165, 1.54) is 18.5 Å². The van der Waals surface area contributed by atoms with E-state index in [0.29, 0.717) is 17.8 Å². The van der Waals surface area contributed by atoms with Crippen LogP contribution in [0.5, 0.6) is 0 Å². The molecule has 0 spiro atoms. The maximum Gasteiger partial charge on any atom is 0.256 e. The fourth-order valence-electron chi connectivity index (χ4n) is 2.97. The minimum Gasteiger partial charge on any atom is -0.385 e. The van der Waals surface area contributed by atoms with E-state index in [4.69, 9.17) is 0 Å². The number of halogens is 1. The summed E-state index contributed by atoms with van der Waals surface area (Å²) in [7, 11) is 1.75. The number of aryl methyl sites for hydroxylation is 1. The second-order valence-corrected chi connectivity index (χ2v) is 6.45. The molecule has 1 saturated heterocycles. The molecule has 1 aliphatic rings. The normalized spacial score (nSPS) is 15.6. The van der Waals surface area contributed by atoms with Crippen LogP contribution in [0.3, 0.4) is 0 Å². The van der Waals surface area contributed by atoms with Crippen LogP contribution >= 0.6 is 0 Å². The maximum absolute atomic E-state index is 14.1. The summed E-state index contributed by atoms with van der Waals surface area (Å²) in [4.78, 5) is 18.3. The zero-order chi connectivity index (χ0) is 18.0. The molecule has 2 heterocycles. The Labute approximate surface area is 145 Å². The summed E-state index contributed by atoms with van der Waals surface area (Å²) in [5.41, 5.74) is 1.02. The van der Waals surface area contributed by atoms with Crippen molar-refractivity contribution in [3.63, 3.8) is 0 Å². The Balaban J connectivity index is 1.78. The van der Waals surface area contributed by atoms with Crippen molar-refractivity contribution in [1.29, 1.82) is 0 Å². The van der Waals surface area contributed by atoms with Crippen molar-refractivity contribution < 1.29 is 14.3 Å². The first kappa shape index (κ1) is 17.3. The van der Waals surface area contributed by atoms with Crippen molar-refractivity contribution in [2.24, 2.45) is 0 Å². The van der Waals surface area contributed by atoms with E-state index in [1.54, 1.807) is 30.1 Å². The summed E-state index contributed by atoms with van der Waals surface area (Å²) in [6.07, 6.45) is 3.01. The molecule has 0 bridgehead atoms. The summed E-state index contributed by atoms with van der Waals surface area (Å²) in [5, 5.41) is 16.1. The van der Waals surface area contributed by atoms with E-state index in [0.717, 1.165) is 5.56 Å². The van der Waals surface area contributed by atoms with Crippen molar-refractivity contribution in [2.75, 3.05) is 32.0 Å². The van der Waals surface area contributed by atoms with Gasteiger partial charge in [-0.15, -0.1) is 0 Å². The number of likely N-dealkylation sites (N-methyl/N-ethyl adjacent to an activating group) is 1. The van der Waals surface area contributed by atoms with E-state index < -0.39 is 11.4 Å². The van der Waals surface area contributed by atoms with Gasteiger partial charge in [-0.2, -0.15) is 0 Å². The van der Waals surface area contributed by atoms with Gasteiger partial charge in [0.05, 0.1) is 36.2 Å². The van der Waals surface area contributed by atoms with Crippen molar-refractivity contribution in [1.82, 2.24) is 15.2 Å². The average Bonchev–Trinajstić information content (AvgIpc) is 2.55. The fraction of sp³-hybridized carbons (Fsp3) is 0.333. The smallest absolute Gasteiger partial charge is 0.256 e. The van der Waals surface area contributed by atoms with E-state index in [1.807, 2.05) is 6.92 Å². The largest absolute Gasteiger partial charge is 0.385 e. The van der Waals surface area contributed by atoms with E-state index in [2.05, 4.69) is 15.6 Å². The number of amides is 1. The molecule has 2 aromatic rings. The highest BCUT2D eigenvalue weighted by Gasteiger charge is 2.43. The number of aliphatic hydroxyl groups is 1. The second-order valence-electron chi connectivity index (χ2n) is 6.45. The van der Waals surface area contributed by atoms with Gasteiger partial charge in [0.1, 0.15) is 11.4 Å². The standard InChI is InChI=1S/C18H21FN4O2/c1-12-3-4-15(14(19)7-12)22-16-8-21-6-5-13(16)17(24)23-10-18(25,11-23)9-20-2/h3-8,20,22,25H,9-11H2,1-2H3. The third-order valence-electron chi connectivity index (χ3n) is 4.21. The molecule has 7 heteroatoms. The molecule has 1 amide bonds. The summed E-state index contributed by atoms with van der Waals surface area (Å²) in [6, 6.07) is 6.43. The zero-order valence-electron chi connectivity index (χ0n) is 14.2. The van der Waals surface area contributed by atoms with Gasteiger partial charge in [0.15, 0.2) is 0 Å². The highest BCUT2D eigenvalue weighted by molar-refractivity contribution is 6.00. The Morgan fingerprint density at radius 1 is 1.36 bits per heavy atom. The molecule has 6 nitrogen and oxygen atoms in total. The lowest BCUT2D eigenvalue weighted by molar-refractivity contribution is -0.0775. The first-order valence-electron chi connectivity index (χ1n) is 8.05. The molecule has 1 aromatic heterocycles. The van der Waals surface area contributed by atoms with Crippen molar-refractivity contribution in [2.45, 2.75) is 12.5 Å². The number of β-amino-alcohol motifs (C(OH)–C–C–N with tert-alkyl or cyclic N) is 1. The Morgan fingerprint density at radius 2 is 2.12 bits per heavy atom. The number of benzene rings is 1. The minimum absolute atomic E-state index is 0.224. The van der Waals surface area contributed by atoms with Crippen molar-refractivity contribution in [3.05, 3.63) is 53.6 Å². The molecule has 1 aliphatic heterocycles. The van der Waals surface area contributed by atoms with Crippen molar-refractivity contribution in [3.8, 4) is 0 Å². The van der Waals surface area contributed by atoms with Gasteiger partial charge in [-0.3, -0.25) is 9.78 Å². The van der Waals surface area contributed by atoms with Gasteiger partial charge < -0.3 is 20.6 Å². The Morgan fingerprint density at radius 3 is 2.80 bits per heavy atom. The molecule has 0 saturated carbocycles. The summed E-state index contributed by atoms with van der Waals surface area (Å²) in [6.45, 7) is 2.75. The van der Waals surface area contributed by atoms with Gasteiger partial charge >= 0.3 is 0 Å². The van der Waals surface area contributed by atoms with Gasteiger partial charge in [-0.1, -0.05) is 6.07 Å². The van der Waals surface area contributed by atoms with Crippen LogP contribution in [-0.4, -0.2) is 53.2 Å². The predicted octanol–water partition coefficient (Wildman–Crippen LogP) is 1.68. The lowest BCUT2D eigenvalue weighted by Crippen LogP contribution is -2.67. The molecule has 0 aliphatic carbocycles. The zero-order valence-corrected chi connectivity index (χ0v) is 14.2. The van der Waals surface area contributed by atoms with E-state index in [-0.39, 0.29) is 24.7 Å². The number of pyridine rings is 1. The number of nitrogens with zero attached hydrogens (tertiary/aromatic N) is 2. The Hall–Kier alpha value is -2.51. The molecular weight excluding hydrogens is 323 g/mol. The number of hydrogen-bond donors (Lipinski definition) is 3. The SMILES string of the molecule is CNCC1(O)CN(C(=O)c2ccncc2Nc2ccc(C)cc2F)C1. The van der Waals surface area contributed by atoms with Crippen LogP contribution in [0.4, 0.5) is 15.8 Å². The summed E-state index contributed by atoms with van der Waals surface area (Å²) >= 11 is 0. The van der Waals surface area contributed by atoms with Gasteiger partial charge in [-0.05, 0) is 37.7 Å². The van der Waals surface area contributed by atoms with E-state index in [9.17, 15) is 14.3 Å². The first-order valence-corrected chi connectivity index (χ1v) is 8.05. The molecule has 132 valence electrons. The van der Waals surface area contributed by atoms with Crippen LogP contribution in [0.2, 0.25) is 0 Å². The van der Waals surface area contributed by atoms with Gasteiger partial charge in [-0.25, -0.2) is 4.39 Å². The molecule has 3 rings (SSSR count). The quantitative estimate of drug-likeness (QED) is 0.769. The number of nitrogens with one attached hydrogen (secondary N) is 2. The minimum atomic E-state index is -0.895. The number of aromatic nitrogens is 1. The average molecular weight is 344 g/mol. The van der Waals surface area contributed by atoms with Crippen LogP contribution in [0.1, 0.15) is 15.9 Å². The lowest BCUT2D eigenvalue weighted by Gasteiger charge is -2.46. The number of carbonyl (C=O) groups is 1. The molecule has 25 heavy (non-hydrogen) atoms. The molecular formula is C18H21FN4O2. The molecule has 0 atom stereocenters. The van der Waals surface area contributed by atoms with Gasteiger partial charge in [0.2, 0.25) is 0 Å². The van der Waals surface area contributed by atoms with Crippen LogP contribution < -0.4 is 10.6 Å². The number of carbonyl (C=O) groups excluding carboxylic acids is 1. The first-order chi connectivity index (χ1) is 11.9. The summed E-state index contributed by atoms with van der Waals surface area (Å²) < 4.78 is 14.1. The van der Waals surface area contributed by atoms with Crippen LogP contribution in [0.15, 0.2) is 36.7 Å². The lowest BCUT2D eigenvalue weighted by atomic mass is 9.93. The Kier molecular flexibility index (Phi) is 4.69. The molecule has 1 aromatic carbocycles. The Bertz CT molecular complexity index is 790. The highest BCUT2D eigenvalue weighted by Crippen LogP contribution is 2.27. The number of anilines is 2. The monoisotopic (exact) mass is 344 g/mol. The van der Waals surface area contributed by atoms with E-state index >= 15 is 0 Å². The second kappa shape index (κ2) is 6.78. The van der Waals surface area contributed by atoms with Gasteiger partial charge in [0, 0.05) is 12.7 Å². The maximum atomic E-state index is 14.1. The highest BCUT2D eigenvalue weighted by atomic mass is 19.1. The predicted molar refractivity (Wildman–Crippen MR) is 93.4 cm³/mol. The number of likely N-dealkylation sites (tertiary alicyclic amines) is 1. The molecule has 0 radical (unpaired) electrons. The topological polar surface area (TPSA) is 77.5 Å². The van der Waals surface area contributed by atoms with Gasteiger partial charge in [0.25, 0.3) is 5.91 Å². The van der Waals surface area contributed by atoms with Crippen molar-refractivity contribution >= 4 is 17.3 Å². The van der Waals surface area contributed by atoms with Crippen LogP contribution in [0, 0.1) is 12.7 Å². The van der Waals surface area contributed by atoms with Crippen LogP contribution in [-0.2, 0) is 0 Å².